The minimum Gasteiger partial charge on any atom is -0.491 e. The zero-order valence-corrected chi connectivity index (χ0v) is 7.46. The molecule has 0 fully saturated rings. The normalized spacial score (nSPS) is 9.83. The Bertz CT molecular complexity index is 233. The van der Waals surface area contributed by atoms with Crippen LogP contribution < -0.4 is 4.74 Å². The van der Waals surface area contributed by atoms with Crippen LogP contribution in [0.1, 0.15) is 5.56 Å². The SMILES string of the molecule is COCCOc1ccc[c]c1C. The quantitative estimate of drug-likeness (QED) is 0.633. The molecule has 2 heteroatoms. The first kappa shape index (κ1) is 9.07. The van der Waals surface area contributed by atoms with Gasteiger partial charge in [-0.3, -0.25) is 0 Å². The third-order valence-corrected chi connectivity index (χ3v) is 1.56. The van der Waals surface area contributed by atoms with Gasteiger partial charge in [0.25, 0.3) is 0 Å². The zero-order valence-electron chi connectivity index (χ0n) is 7.46. The van der Waals surface area contributed by atoms with E-state index in [0.29, 0.717) is 13.2 Å². The third kappa shape index (κ3) is 2.55. The first-order chi connectivity index (χ1) is 5.84. The molecular formula is C10H13O2. The molecule has 0 N–H and O–H groups in total. The molecule has 0 spiro atoms. The maximum absolute atomic E-state index is 5.42. The minimum atomic E-state index is 0.592. The van der Waals surface area contributed by atoms with E-state index in [0.717, 1.165) is 11.3 Å². The average Bonchev–Trinajstić information content (AvgIpc) is 2.09. The van der Waals surface area contributed by atoms with Crippen molar-refractivity contribution in [1.29, 1.82) is 0 Å². The number of aryl methyl sites for hydroxylation is 1. The highest BCUT2D eigenvalue weighted by Gasteiger charge is 1.95. The second-order valence-electron chi connectivity index (χ2n) is 2.50. The van der Waals surface area contributed by atoms with Crippen molar-refractivity contribution in [2.75, 3.05) is 20.3 Å². The number of hydrogen-bond donors (Lipinski definition) is 0. The summed E-state index contributed by atoms with van der Waals surface area (Å²) < 4.78 is 10.3. The fraction of sp³-hybridized carbons (Fsp3) is 0.400. The van der Waals surface area contributed by atoms with Gasteiger partial charge in [0.05, 0.1) is 6.61 Å². The molecule has 1 aromatic carbocycles. The Labute approximate surface area is 73.1 Å². The summed E-state index contributed by atoms with van der Waals surface area (Å²) in [6, 6.07) is 8.78. The Balaban J connectivity index is 2.46. The molecule has 0 heterocycles. The molecule has 0 bridgehead atoms. The molecule has 0 saturated heterocycles. The van der Waals surface area contributed by atoms with Crippen molar-refractivity contribution in [3.05, 3.63) is 29.8 Å². The van der Waals surface area contributed by atoms with Crippen LogP contribution in [0.3, 0.4) is 0 Å². The summed E-state index contributed by atoms with van der Waals surface area (Å²) in [7, 11) is 1.66. The number of rotatable bonds is 4. The minimum absolute atomic E-state index is 0.592. The number of ether oxygens (including phenoxy) is 2. The lowest BCUT2D eigenvalue weighted by molar-refractivity contribution is 0.146. The van der Waals surface area contributed by atoms with Crippen molar-refractivity contribution < 1.29 is 9.47 Å². The van der Waals surface area contributed by atoms with Gasteiger partial charge < -0.3 is 9.47 Å². The van der Waals surface area contributed by atoms with E-state index in [1.165, 1.54) is 0 Å². The van der Waals surface area contributed by atoms with Crippen molar-refractivity contribution in [2.45, 2.75) is 6.92 Å². The summed E-state index contributed by atoms with van der Waals surface area (Å²) in [6.07, 6.45) is 0. The summed E-state index contributed by atoms with van der Waals surface area (Å²) in [5.41, 5.74) is 1.04. The Kier molecular flexibility index (Phi) is 3.61. The lowest BCUT2D eigenvalue weighted by atomic mass is 10.2. The average molecular weight is 165 g/mol. The number of benzene rings is 1. The van der Waals surface area contributed by atoms with Crippen LogP contribution in [0.5, 0.6) is 5.75 Å². The molecule has 0 aliphatic rings. The Hall–Kier alpha value is -1.02. The highest BCUT2D eigenvalue weighted by molar-refractivity contribution is 5.30. The monoisotopic (exact) mass is 165 g/mol. The van der Waals surface area contributed by atoms with Crippen molar-refractivity contribution in [1.82, 2.24) is 0 Å². The highest BCUT2D eigenvalue weighted by atomic mass is 16.5. The Morgan fingerprint density at radius 2 is 2.25 bits per heavy atom. The molecule has 0 saturated carbocycles. The third-order valence-electron chi connectivity index (χ3n) is 1.56. The standard InChI is InChI=1S/C10H13O2/c1-9-5-3-4-6-10(9)12-8-7-11-2/h3-4,6H,7-8H2,1-2H3. The molecule has 12 heavy (non-hydrogen) atoms. The van der Waals surface area contributed by atoms with Gasteiger partial charge >= 0.3 is 0 Å². The molecule has 0 unspecified atom stereocenters. The van der Waals surface area contributed by atoms with Crippen LogP contribution >= 0.6 is 0 Å². The van der Waals surface area contributed by atoms with Crippen molar-refractivity contribution >= 4 is 0 Å². The smallest absolute Gasteiger partial charge is 0.122 e. The first-order valence-electron chi connectivity index (χ1n) is 3.93. The molecule has 0 aromatic heterocycles. The van der Waals surface area contributed by atoms with Crippen LogP contribution in [-0.2, 0) is 4.74 Å². The molecule has 1 aromatic rings. The molecule has 65 valence electrons. The van der Waals surface area contributed by atoms with Crippen LogP contribution in [0.25, 0.3) is 0 Å². The van der Waals surface area contributed by atoms with E-state index in [2.05, 4.69) is 6.07 Å². The van der Waals surface area contributed by atoms with Crippen LogP contribution in [0, 0.1) is 13.0 Å². The second-order valence-corrected chi connectivity index (χ2v) is 2.50. The van der Waals surface area contributed by atoms with Crippen LogP contribution in [0.2, 0.25) is 0 Å². The molecular weight excluding hydrogens is 152 g/mol. The zero-order chi connectivity index (χ0) is 8.81. The predicted molar refractivity (Wildman–Crippen MR) is 47.4 cm³/mol. The Morgan fingerprint density at radius 1 is 1.42 bits per heavy atom. The second kappa shape index (κ2) is 4.78. The maximum atomic E-state index is 5.42. The fourth-order valence-electron chi connectivity index (χ4n) is 0.896. The lowest BCUT2D eigenvalue weighted by Gasteiger charge is -2.06. The van der Waals surface area contributed by atoms with Gasteiger partial charge in [-0.05, 0) is 24.6 Å². The van der Waals surface area contributed by atoms with E-state index in [1.54, 1.807) is 7.11 Å². The number of hydrogen-bond acceptors (Lipinski definition) is 2. The summed E-state index contributed by atoms with van der Waals surface area (Å²) in [4.78, 5) is 0. The van der Waals surface area contributed by atoms with E-state index >= 15 is 0 Å². The van der Waals surface area contributed by atoms with E-state index in [1.807, 2.05) is 25.1 Å². The lowest BCUT2D eigenvalue weighted by Crippen LogP contribution is -2.04. The van der Waals surface area contributed by atoms with Crippen LogP contribution in [0.4, 0.5) is 0 Å². The number of methoxy groups -OCH3 is 1. The van der Waals surface area contributed by atoms with Crippen LogP contribution in [0.15, 0.2) is 18.2 Å². The summed E-state index contributed by atoms with van der Waals surface area (Å²) in [5.74, 6) is 0.884. The molecule has 0 atom stereocenters. The summed E-state index contributed by atoms with van der Waals surface area (Å²) in [5, 5.41) is 0. The van der Waals surface area contributed by atoms with E-state index in [4.69, 9.17) is 9.47 Å². The molecule has 0 aliphatic carbocycles. The summed E-state index contributed by atoms with van der Waals surface area (Å²) >= 11 is 0. The van der Waals surface area contributed by atoms with Crippen molar-refractivity contribution in [3.8, 4) is 5.75 Å². The molecule has 1 rings (SSSR count). The van der Waals surface area contributed by atoms with E-state index in [-0.39, 0.29) is 0 Å². The van der Waals surface area contributed by atoms with Gasteiger partial charge in [0.15, 0.2) is 0 Å². The highest BCUT2D eigenvalue weighted by Crippen LogP contribution is 2.14. The predicted octanol–water partition coefficient (Wildman–Crippen LogP) is 1.82. The van der Waals surface area contributed by atoms with Crippen molar-refractivity contribution in [2.24, 2.45) is 0 Å². The van der Waals surface area contributed by atoms with E-state index < -0.39 is 0 Å². The van der Waals surface area contributed by atoms with Gasteiger partial charge in [0.1, 0.15) is 12.4 Å². The Morgan fingerprint density at radius 3 is 2.92 bits per heavy atom. The largest absolute Gasteiger partial charge is 0.491 e. The first-order valence-corrected chi connectivity index (χ1v) is 3.93. The van der Waals surface area contributed by atoms with Gasteiger partial charge in [-0.2, -0.15) is 0 Å². The van der Waals surface area contributed by atoms with Crippen molar-refractivity contribution in [3.63, 3.8) is 0 Å². The summed E-state index contributed by atoms with van der Waals surface area (Å²) in [6.45, 7) is 3.19. The molecule has 0 amide bonds. The van der Waals surface area contributed by atoms with Gasteiger partial charge in [0, 0.05) is 7.11 Å². The maximum Gasteiger partial charge on any atom is 0.122 e. The topological polar surface area (TPSA) is 18.5 Å². The molecule has 1 radical (unpaired) electrons. The van der Waals surface area contributed by atoms with Gasteiger partial charge in [-0.25, -0.2) is 0 Å². The van der Waals surface area contributed by atoms with Gasteiger partial charge in [0.2, 0.25) is 0 Å². The van der Waals surface area contributed by atoms with Crippen LogP contribution in [-0.4, -0.2) is 20.3 Å². The fourth-order valence-corrected chi connectivity index (χ4v) is 0.896. The molecule has 2 nitrogen and oxygen atoms in total. The van der Waals surface area contributed by atoms with Gasteiger partial charge in [-0.1, -0.05) is 12.1 Å². The molecule has 0 aliphatic heterocycles. The van der Waals surface area contributed by atoms with Gasteiger partial charge in [-0.15, -0.1) is 0 Å². The van der Waals surface area contributed by atoms with E-state index in [9.17, 15) is 0 Å².